The number of nitrogens with one attached hydrogen (secondary N) is 2. The summed E-state index contributed by atoms with van der Waals surface area (Å²) >= 11 is 8.00. The topological polar surface area (TPSA) is 52.6 Å². The lowest BCUT2D eigenvalue weighted by atomic mass is 10.0. The quantitative estimate of drug-likeness (QED) is 0.327. The first-order chi connectivity index (χ1) is 13.1. The van der Waals surface area contributed by atoms with Gasteiger partial charge in [-0.15, -0.1) is 35.3 Å². The van der Waals surface area contributed by atoms with Crippen LogP contribution in [0.15, 0.2) is 29.4 Å². The van der Waals surface area contributed by atoms with Crippen LogP contribution in [0.2, 0.25) is 5.02 Å². The van der Waals surface area contributed by atoms with Crippen molar-refractivity contribution in [2.75, 3.05) is 26.7 Å². The van der Waals surface area contributed by atoms with Crippen LogP contribution in [0.1, 0.15) is 34.3 Å². The van der Waals surface area contributed by atoms with Gasteiger partial charge in [0, 0.05) is 35.3 Å². The van der Waals surface area contributed by atoms with E-state index in [1.165, 1.54) is 10.9 Å². The minimum Gasteiger partial charge on any atom is -0.354 e. The van der Waals surface area contributed by atoms with Crippen LogP contribution in [-0.2, 0) is 6.54 Å². The molecule has 0 amide bonds. The van der Waals surface area contributed by atoms with E-state index in [9.17, 15) is 4.39 Å². The Hall–Kier alpha value is -0.970. The fourth-order valence-corrected chi connectivity index (χ4v) is 4.37. The van der Waals surface area contributed by atoms with Gasteiger partial charge in [0.2, 0.25) is 0 Å². The second-order valence-electron chi connectivity index (χ2n) is 6.57. The van der Waals surface area contributed by atoms with Crippen molar-refractivity contribution in [3.05, 3.63) is 50.7 Å². The number of halogens is 3. The second-order valence-corrected chi connectivity index (χ2v) is 8.29. The van der Waals surface area contributed by atoms with E-state index < -0.39 is 0 Å². The van der Waals surface area contributed by atoms with Crippen molar-refractivity contribution in [3.8, 4) is 0 Å². The molecule has 0 saturated carbocycles. The van der Waals surface area contributed by atoms with Crippen molar-refractivity contribution in [2.24, 2.45) is 4.99 Å². The summed E-state index contributed by atoms with van der Waals surface area (Å²) in [6.45, 7) is 5.06. The van der Waals surface area contributed by atoms with Crippen LogP contribution in [0.5, 0.6) is 0 Å². The lowest BCUT2D eigenvalue weighted by Crippen LogP contribution is -2.42. The summed E-state index contributed by atoms with van der Waals surface area (Å²) in [6.07, 6.45) is 4.11. The highest BCUT2D eigenvalue weighted by atomic mass is 127. The molecule has 2 aromatic rings. The van der Waals surface area contributed by atoms with Crippen molar-refractivity contribution in [2.45, 2.75) is 32.4 Å². The van der Waals surface area contributed by atoms with E-state index in [4.69, 9.17) is 11.6 Å². The smallest absolute Gasteiger partial charge is 0.191 e. The van der Waals surface area contributed by atoms with Crippen molar-refractivity contribution in [3.63, 3.8) is 0 Å². The van der Waals surface area contributed by atoms with E-state index in [-0.39, 0.29) is 35.8 Å². The molecule has 1 aromatic heterocycles. The highest BCUT2D eigenvalue weighted by molar-refractivity contribution is 14.0. The van der Waals surface area contributed by atoms with Gasteiger partial charge in [-0.1, -0.05) is 17.7 Å². The molecule has 154 valence electrons. The van der Waals surface area contributed by atoms with Crippen molar-refractivity contribution in [1.82, 2.24) is 20.5 Å². The number of aliphatic imine (C=N–C) groups is 1. The molecule has 0 bridgehead atoms. The van der Waals surface area contributed by atoms with E-state index >= 15 is 0 Å². The van der Waals surface area contributed by atoms with Crippen LogP contribution in [0.4, 0.5) is 4.39 Å². The maximum atomic E-state index is 14.5. The van der Waals surface area contributed by atoms with Crippen molar-refractivity contribution in [1.29, 1.82) is 0 Å². The van der Waals surface area contributed by atoms with E-state index in [2.05, 4.69) is 25.5 Å². The predicted molar refractivity (Wildman–Crippen MR) is 125 cm³/mol. The Labute approximate surface area is 191 Å². The van der Waals surface area contributed by atoms with Gasteiger partial charge in [-0.05, 0) is 45.0 Å². The SMILES string of the molecule is CN=C(NCc1ncc(C)s1)NCC(c1c(F)cccc1Cl)N1CCCC1.I. The fraction of sp³-hybridized carbons (Fsp3) is 0.474. The average Bonchev–Trinajstić information content (AvgIpc) is 3.31. The Morgan fingerprint density at radius 3 is 2.71 bits per heavy atom. The Morgan fingerprint density at radius 1 is 1.36 bits per heavy atom. The number of nitrogens with zero attached hydrogens (tertiary/aromatic N) is 3. The maximum Gasteiger partial charge on any atom is 0.191 e. The minimum atomic E-state index is -0.262. The number of aryl methyl sites for hydroxylation is 1. The number of thiazole rings is 1. The number of hydrogen-bond acceptors (Lipinski definition) is 4. The fourth-order valence-electron chi connectivity index (χ4n) is 3.35. The van der Waals surface area contributed by atoms with E-state index in [1.807, 2.05) is 13.1 Å². The van der Waals surface area contributed by atoms with Gasteiger partial charge in [-0.25, -0.2) is 9.37 Å². The van der Waals surface area contributed by atoms with Gasteiger partial charge in [0.05, 0.1) is 12.6 Å². The summed E-state index contributed by atoms with van der Waals surface area (Å²) in [4.78, 5) is 12.1. The molecule has 1 aliphatic heterocycles. The predicted octanol–water partition coefficient (Wildman–Crippen LogP) is 4.36. The number of rotatable bonds is 6. The van der Waals surface area contributed by atoms with Crippen molar-refractivity contribution >= 4 is 52.9 Å². The normalized spacial score (nSPS) is 15.9. The average molecular weight is 538 g/mol. The van der Waals surface area contributed by atoms with Gasteiger partial charge in [0.25, 0.3) is 0 Å². The van der Waals surface area contributed by atoms with E-state index in [0.717, 1.165) is 30.9 Å². The Morgan fingerprint density at radius 2 is 2.11 bits per heavy atom. The van der Waals surface area contributed by atoms with Gasteiger partial charge in [0.1, 0.15) is 10.8 Å². The van der Waals surface area contributed by atoms with Gasteiger partial charge in [-0.2, -0.15) is 0 Å². The van der Waals surface area contributed by atoms with Crippen LogP contribution in [0, 0.1) is 12.7 Å². The molecule has 1 aliphatic rings. The summed E-state index contributed by atoms with van der Waals surface area (Å²) in [6, 6.07) is 4.73. The van der Waals surface area contributed by atoms with Crippen molar-refractivity contribution < 1.29 is 4.39 Å². The van der Waals surface area contributed by atoms with E-state index in [1.54, 1.807) is 30.5 Å². The summed E-state index contributed by atoms with van der Waals surface area (Å²) in [5.41, 5.74) is 0.555. The molecule has 2 N–H and O–H groups in total. The third kappa shape index (κ3) is 6.01. The monoisotopic (exact) mass is 537 g/mol. The number of benzene rings is 1. The lowest BCUT2D eigenvalue weighted by molar-refractivity contribution is 0.240. The Kier molecular flexibility index (Phi) is 9.39. The van der Waals surface area contributed by atoms with Crippen LogP contribution in [-0.4, -0.2) is 42.5 Å². The highest BCUT2D eigenvalue weighted by Gasteiger charge is 2.27. The van der Waals surface area contributed by atoms with Gasteiger partial charge >= 0.3 is 0 Å². The largest absolute Gasteiger partial charge is 0.354 e. The molecular formula is C19H26ClFIN5S. The highest BCUT2D eigenvalue weighted by Crippen LogP contribution is 2.31. The number of guanidine groups is 1. The molecule has 9 heteroatoms. The molecule has 5 nitrogen and oxygen atoms in total. The first-order valence-corrected chi connectivity index (χ1v) is 10.3. The lowest BCUT2D eigenvalue weighted by Gasteiger charge is -2.29. The molecule has 0 aliphatic carbocycles. The van der Waals surface area contributed by atoms with E-state index in [0.29, 0.717) is 29.6 Å². The zero-order valence-corrected chi connectivity index (χ0v) is 19.9. The molecule has 1 atom stereocenters. The summed E-state index contributed by atoms with van der Waals surface area (Å²) in [5, 5.41) is 8.06. The molecule has 1 unspecified atom stereocenters. The third-order valence-electron chi connectivity index (χ3n) is 4.68. The Balaban J connectivity index is 0.00000280. The van der Waals surface area contributed by atoms with Gasteiger partial charge < -0.3 is 10.6 Å². The molecule has 28 heavy (non-hydrogen) atoms. The molecule has 1 aromatic carbocycles. The standard InChI is InChI=1S/C19H25ClFN5S.HI/c1-13-10-23-17(27-13)12-25-19(22-2)24-11-16(26-8-3-4-9-26)18-14(20)6-5-7-15(18)21;/h5-7,10,16H,3-4,8-9,11-12H2,1-2H3,(H2,22,24,25);1H. The maximum absolute atomic E-state index is 14.5. The minimum absolute atomic E-state index is 0. The summed E-state index contributed by atoms with van der Waals surface area (Å²) in [5.74, 6) is 0.405. The second kappa shape index (κ2) is 11.3. The number of aromatic nitrogens is 1. The third-order valence-corrected chi connectivity index (χ3v) is 5.92. The first-order valence-electron chi connectivity index (χ1n) is 9.12. The molecular weight excluding hydrogens is 512 g/mol. The summed E-state index contributed by atoms with van der Waals surface area (Å²) < 4.78 is 14.5. The number of likely N-dealkylation sites (tertiary alicyclic amines) is 1. The number of hydrogen-bond donors (Lipinski definition) is 2. The van der Waals surface area contributed by atoms with Gasteiger partial charge in [0.15, 0.2) is 5.96 Å². The molecule has 2 heterocycles. The Bertz CT molecular complexity index is 774. The van der Waals surface area contributed by atoms with Crippen LogP contribution >= 0.6 is 46.9 Å². The molecule has 0 spiro atoms. The summed E-state index contributed by atoms with van der Waals surface area (Å²) in [7, 11) is 1.73. The zero-order chi connectivity index (χ0) is 19.2. The van der Waals surface area contributed by atoms with Crippen LogP contribution in [0.25, 0.3) is 0 Å². The molecule has 1 fully saturated rings. The van der Waals surface area contributed by atoms with Crippen LogP contribution in [0.3, 0.4) is 0 Å². The molecule has 1 saturated heterocycles. The van der Waals surface area contributed by atoms with Gasteiger partial charge in [-0.3, -0.25) is 9.89 Å². The molecule has 0 radical (unpaired) electrons. The van der Waals surface area contributed by atoms with Crippen LogP contribution < -0.4 is 10.6 Å². The zero-order valence-electron chi connectivity index (χ0n) is 16.0. The molecule has 3 rings (SSSR count). The first kappa shape index (κ1) is 23.3.